The van der Waals surface area contributed by atoms with Gasteiger partial charge >= 0.3 is 6.03 Å². The van der Waals surface area contributed by atoms with Crippen LogP contribution in [0.1, 0.15) is 55.5 Å². The minimum atomic E-state index is -0.858. The molecule has 1 aromatic rings. The predicted octanol–water partition coefficient (Wildman–Crippen LogP) is 2.40. The Balaban J connectivity index is 1.64. The van der Waals surface area contributed by atoms with Gasteiger partial charge in [-0.3, -0.25) is 14.5 Å². The number of imide groups is 1. The summed E-state index contributed by atoms with van der Waals surface area (Å²) in [4.78, 5) is 40.7. The Morgan fingerprint density at radius 1 is 1.15 bits per heavy atom. The summed E-state index contributed by atoms with van der Waals surface area (Å²) in [6.45, 7) is 5.03. The van der Waals surface area contributed by atoms with Crippen LogP contribution in [0.4, 0.5) is 4.79 Å². The number of carbonyl (C=O) groups is 3. The third kappa shape index (κ3) is 3.59. The number of urea groups is 1. The summed E-state index contributed by atoms with van der Waals surface area (Å²) in [5.41, 5.74) is 0.956. The van der Waals surface area contributed by atoms with Gasteiger partial charge < -0.3 is 15.6 Å². The number of piperidine rings is 1. The third-order valence-corrected chi connectivity index (χ3v) is 5.45. The summed E-state index contributed by atoms with van der Waals surface area (Å²) >= 11 is 0. The summed E-state index contributed by atoms with van der Waals surface area (Å²) in [6, 6.07) is 6.69. The molecule has 1 spiro atoms. The quantitative estimate of drug-likeness (QED) is 0.616. The minimum Gasteiger partial charge on any atom is -0.338 e. The summed E-state index contributed by atoms with van der Waals surface area (Å²) in [7, 11) is 0. The zero-order chi connectivity index (χ0) is 19.6. The van der Waals surface area contributed by atoms with Gasteiger partial charge in [0.25, 0.3) is 11.8 Å². The van der Waals surface area contributed by atoms with E-state index in [1.165, 1.54) is 4.90 Å². The lowest BCUT2D eigenvalue weighted by atomic mass is 9.87. The highest BCUT2D eigenvalue weighted by Crippen LogP contribution is 2.30. The van der Waals surface area contributed by atoms with Crippen LogP contribution in [0.2, 0.25) is 0 Å². The van der Waals surface area contributed by atoms with Crippen LogP contribution in [0.25, 0.3) is 0 Å². The standard InChI is InChI=1S/C20H26N4O3/c1-3-4-11-24-18(26)20(22-19(24)27)9-12-23(13-10-20)17(25)16-7-5-15(6-8-16)14(2)21/h5-8,21H,3-4,9-13H2,1-2H3,(H,22,27). The molecule has 27 heavy (non-hydrogen) atoms. The normalized spacial score (nSPS) is 18.7. The van der Waals surface area contributed by atoms with E-state index in [0.717, 1.165) is 18.4 Å². The van der Waals surface area contributed by atoms with E-state index in [1.807, 2.05) is 6.92 Å². The van der Waals surface area contributed by atoms with Gasteiger partial charge in [0.1, 0.15) is 5.54 Å². The van der Waals surface area contributed by atoms with E-state index in [0.29, 0.717) is 43.8 Å². The Morgan fingerprint density at radius 2 is 1.74 bits per heavy atom. The molecule has 2 N–H and O–H groups in total. The molecule has 0 aromatic heterocycles. The Hall–Kier alpha value is -2.70. The van der Waals surface area contributed by atoms with Crippen LogP contribution in [-0.2, 0) is 4.79 Å². The molecule has 0 unspecified atom stereocenters. The van der Waals surface area contributed by atoms with Crippen molar-refractivity contribution in [3.05, 3.63) is 35.4 Å². The number of unbranched alkanes of at least 4 members (excludes halogenated alkanes) is 1. The average molecular weight is 370 g/mol. The molecular weight excluding hydrogens is 344 g/mol. The fraction of sp³-hybridized carbons (Fsp3) is 0.500. The number of benzene rings is 1. The molecule has 3 rings (SSSR count). The number of nitrogens with one attached hydrogen (secondary N) is 2. The zero-order valence-electron chi connectivity index (χ0n) is 15.9. The Labute approximate surface area is 159 Å². The highest BCUT2D eigenvalue weighted by atomic mass is 16.2. The Kier molecular flexibility index (Phi) is 5.30. The first kappa shape index (κ1) is 19.1. The van der Waals surface area contributed by atoms with Gasteiger partial charge in [-0.25, -0.2) is 4.79 Å². The number of carbonyl (C=O) groups excluding carboxylic acids is 3. The molecule has 0 bridgehead atoms. The molecule has 144 valence electrons. The second kappa shape index (κ2) is 7.50. The molecule has 4 amide bonds. The monoisotopic (exact) mass is 370 g/mol. The highest BCUT2D eigenvalue weighted by Gasteiger charge is 2.52. The van der Waals surface area contributed by atoms with Crippen LogP contribution in [0.15, 0.2) is 24.3 Å². The molecule has 7 nitrogen and oxygen atoms in total. The molecule has 7 heteroatoms. The van der Waals surface area contributed by atoms with Crippen LogP contribution in [0.3, 0.4) is 0 Å². The van der Waals surface area contributed by atoms with Crippen molar-refractivity contribution in [1.82, 2.24) is 15.1 Å². The SMILES string of the molecule is CCCCN1C(=O)NC2(CCN(C(=O)c3ccc(C(C)=N)cc3)CC2)C1=O. The van der Waals surface area contributed by atoms with Gasteiger partial charge in [0.05, 0.1) is 0 Å². The summed E-state index contributed by atoms with van der Waals surface area (Å²) < 4.78 is 0. The van der Waals surface area contributed by atoms with Gasteiger partial charge in [0.2, 0.25) is 0 Å². The lowest BCUT2D eigenvalue weighted by Crippen LogP contribution is -2.55. The molecule has 0 radical (unpaired) electrons. The molecule has 2 saturated heterocycles. The maximum atomic E-state index is 12.8. The largest absolute Gasteiger partial charge is 0.338 e. The van der Waals surface area contributed by atoms with E-state index in [9.17, 15) is 14.4 Å². The number of nitrogens with zero attached hydrogens (tertiary/aromatic N) is 2. The molecule has 0 atom stereocenters. The Bertz CT molecular complexity index is 764. The molecule has 2 aliphatic heterocycles. The second-order valence-electron chi connectivity index (χ2n) is 7.32. The first-order chi connectivity index (χ1) is 12.9. The van der Waals surface area contributed by atoms with Crippen LogP contribution in [0, 0.1) is 5.41 Å². The first-order valence-corrected chi connectivity index (χ1v) is 9.47. The molecule has 0 aliphatic carbocycles. The van der Waals surface area contributed by atoms with E-state index < -0.39 is 5.54 Å². The average Bonchev–Trinajstić information content (AvgIpc) is 2.90. The predicted molar refractivity (Wildman–Crippen MR) is 102 cm³/mol. The molecular formula is C20H26N4O3. The topological polar surface area (TPSA) is 93.6 Å². The number of amides is 4. The van der Waals surface area contributed by atoms with Gasteiger partial charge in [-0.1, -0.05) is 25.5 Å². The molecule has 0 saturated carbocycles. The van der Waals surface area contributed by atoms with Crippen LogP contribution in [0.5, 0.6) is 0 Å². The summed E-state index contributed by atoms with van der Waals surface area (Å²) in [5.74, 6) is -0.238. The number of likely N-dealkylation sites (tertiary alicyclic amines) is 1. The van der Waals surface area contributed by atoms with E-state index in [2.05, 4.69) is 5.32 Å². The van der Waals surface area contributed by atoms with E-state index in [4.69, 9.17) is 5.41 Å². The molecule has 2 aliphatic rings. The lowest BCUT2D eigenvalue weighted by Gasteiger charge is -2.37. The van der Waals surface area contributed by atoms with Gasteiger partial charge in [-0.2, -0.15) is 0 Å². The van der Waals surface area contributed by atoms with Crippen molar-refractivity contribution in [1.29, 1.82) is 5.41 Å². The van der Waals surface area contributed by atoms with Gasteiger partial charge in [-0.05, 0) is 43.9 Å². The van der Waals surface area contributed by atoms with Crippen molar-refractivity contribution < 1.29 is 14.4 Å². The third-order valence-electron chi connectivity index (χ3n) is 5.45. The maximum Gasteiger partial charge on any atom is 0.325 e. The zero-order valence-corrected chi connectivity index (χ0v) is 15.9. The van der Waals surface area contributed by atoms with Crippen molar-refractivity contribution in [3.63, 3.8) is 0 Å². The highest BCUT2D eigenvalue weighted by molar-refractivity contribution is 6.07. The first-order valence-electron chi connectivity index (χ1n) is 9.47. The smallest absolute Gasteiger partial charge is 0.325 e. The molecule has 2 heterocycles. The van der Waals surface area contributed by atoms with Crippen molar-refractivity contribution in [2.24, 2.45) is 0 Å². The fourth-order valence-electron chi connectivity index (χ4n) is 3.67. The van der Waals surface area contributed by atoms with Crippen molar-refractivity contribution in [2.45, 2.75) is 45.1 Å². The number of hydrogen-bond donors (Lipinski definition) is 2. The van der Waals surface area contributed by atoms with Gasteiger partial charge in [-0.15, -0.1) is 0 Å². The van der Waals surface area contributed by atoms with Crippen LogP contribution < -0.4 is 5.32 Å². The van der Waals surface area contributed by atoms with Crippen molar-refractivity contribution in [3.8, 4) is 0 Å². The minimum absolute atomic E-state index is 0.0846. The molecule has 2 fully saturated rings. The van der Waals surface area contributed by atoms with E-state index >= 15 is 0 Å². The molecule has 1 aromatic carbocycles. The lowest BCUT2D eigenvalue weighted by molar-refractivity contribution is -0.132. The summed E-state index contributed by atoms with van der Waals surface area (Å²) in [5, 5.41) is 10.5. The summed E-state index contributed by atoms with van der Waals surface area (Å²) in [6.07, 6.45) is 2.58. The van der Waals surface area contributed by atoms with Crippen molar-refractivity contribution >= 4 is 23.6 Å². The Morgan fingerprint density at radius 3 is 2.30 bits per heavy atom. The fourth-order valence-corrected chi connectivity index (χ4v) is 3.67. The second-order valence-corrected chi connectivity index (χ2v) is 7.32. The maximum absolute atomic E-state index is 12.8. The number of rotatable bonds is 5. The van der Waals surface area contributed by atoms with Crippen molar-refractivity contribution in [2.75, 3.05) is 19.6 Å². The van der Waals surface area contributed by atoms with Gasteiger partial charge in [0, 0.05) is 30.9 Å². The van der Waals surface area contributed by atoms with Gasteiger partial charge in [0.15, 0.2) is 0 Å². The van der Waals surface area contributed by atoms with Crippen LogP contribution >= 0.6 is 0 Å². The van der Waals surface area contributed by atoms with E-state index in [-0.39, 0.29) is 17.8 Å². The number of hydrogen-bond acceptors (Lipinski definition) is 4. The van der Waals surface area contributed by atoms with Crippen LogP contribution in [-0.4, -0.2) is 58.5 Å². The van der Waals surface area contributed by atoms with E-state index in [1.54, 1.807) is 36.1 Å².